The third-order valence-corrected chi connectivity index (χ3v) is 5.11. The Balaban J connectivity index is 1.94. The van der Waals surface area contributed by atoms with E-state index in [0.717, 1.165) is 11.1 Å². The molecule has 1 heterocycles. The zero-order valence-corrected chi connectivity index (χ0v) is 11.7. The number of rotatable bonds is 3. The van der Waals surface area contributed by atoms with Crippen molar-refractivity contribution >= 4 is 10.0 Å². The van der Waals surface area contributed by atoms with Crippen LogP contribution in [0.4, 0.5) is 0 Å². The molecule has 0 saturated carbocycles. The van der Waals surface area contributed by atoms with Crippen LogP contribution in [0.25, 0.3) is 0 Å². The van der Waals surface area contributed by atoms with Crippen LogP contribution in [0, 0.1) is 6.92 Å². The number of aryl methyl sites for hydroxylation is 1. The van der Waals surface area contributed by atoms with Crippen LogP contribution in [0.1, 0.15) is 22.9 Å². The fourth-order valence-corrected chi connectivity index (χ4v) is 3.94. The first kappa shape index (κ1) is 13.3. The Bertz CT molecular complexity index is 739. The second-order valence-electron chi connectivity index (χ2n) is 4.93. The highest BCUT2D eigenvalue weighted by Crippen LogP contribution is 2.32. The van der Waals surface area contributed by atoms with Crippen molar-refractivity contribution in [2.45, 2.75) is 30.4 Å². The summed E-state index contributed by atoms with van der Waals surface area (Å²) in [6.45, 7) is 1.64. The van der Waals surface area contributed by atoms with Crippen LogP contribution in [0.3, 0.4) is 0 Å². The van der Waals surface area contributed by atoms with Crippen molar-refractivity contribution in [3.8, 4) is 0 Å². The van der Waals surface area contributed by atoms with Gasteiger partial charge in [0.25, 0.3) is 0 Å². The predicted molar refractivity (Wildman–Crippen MR) is 72.5 cm³/mol. The second kappa shape index (κ2) is 4.69. The van der Waals surface area contributed by atoms with Gasteiger partial charge < -0.3 is 5.11 Å². The summed E-state index contributed by atoms with van der Waals surface area (Å²) in [4.78, 5) is 0.106. The number of aromatic amines is 1. The molecular weight excluding hydrogens is 278 g/mol. The predicted octanol–water partition coefficient (Wildman–Crippen LogP) is 0.655. The van der Waals surface area contributed by atoms with Gasteiger partial charge in [-0.25, -0.2) is 13.1 Å². The molecule has 0 bridgehead atoms. The van der Waals surface area contributed by atoms with Gasteiger partial charge in [0, 0.05) is 6.42 Å². The zero-order valence-electron chi connectivity index (χ0n) is 10.9. The average molecular weight is 293 g/mol. The zero-order chi connectivity index (χ0) is 14.3. The quantitative estimate of drug-likeness (QED) is 0.774. The molecule has 1 aliphatic rings. The molecule has 1 aromatic heterocycles. The molecule has 0 radical (unpaired) electrons. The molecular formula is C13H15N3O3S. The van der Waals surface area contributed by atoms with E-state index >= 15 is 0 Å². The maximum absolute atomic E-state index is 12.3. The number of hydrogen-bond donors (Lipinski definition) is 3. The number of sulfonamides is 1. The molecule has 6 nitrogen and oxygen atoms in total. The lowest BCUT2D eigenvalue weighted by molar-refractivity contribution is 0.151. The van der Waals surface area contributed by atoms with Crippen LogP contribution in [0.2, 0.25) is 0 Å². The normalized spacial score (nSPS) is 21.9. The Morgan fingerprint density at radius 2 is 2.15 bits per heavy atom. The van der Waals surface area contributed by atoms with Crippen LogP contribution in [-0.2, 0) is 16.4 Å². The van der Waals surface area contributed by atoms with Crippen LogP contribution in [0.15, 0.2) is 35.4 Å². The third-order valence-electron chi connectivity index (χ3n) is 3.56. The van der Waals surface area contributed by atoms with Gasteiger partial charge in [-0.15, -0.1) is 0 Å². The summed E-state index contributed by atoms with van der Waals surface area (Å²) >= 11 is 0. The fourth-order valence-electron chi connectivity index (χ4n) is 2.56. The SMILES string of the molecule is Cc1[nH]ncc1S(=O)(=O)N[C@@H]1c2ccccc2C[C@@H]1O. The van der Waals surface area contributed by atoms with E-state index in [1.165, 1.54) is 6.20 Å². The van der Waals surface area contributed by atoms with Crippen LogP contribution < -0.4 is 4.72 Å². The highest BCUT2D eigenvalue weighted by Gasteiger charge is 2.34. The topological polar surface area (TPSA) is 95.1 Å². The third kappa shape index (κ3) is 2.13. The van der Waals surface area contributed by atoms with E-state index in [1.54, 1.807) is 6.92 Å². The molecule has 2 atom stereocenters. The summed E-state index contributed by atoms with van der Waals surface area (Å²) in [6.07, 6.45) is 0.966. The second-order valence-corrected chi connectivity index (χ2v) is 6.61. The fraction of sp³-hybridized carbons (Fsp3) is 0.308. The molecule has 3 rings (SSSR count). The number of aliphatic hydroxyl groups excluding tert-OH is 1. The number of nitrogens with one attached hydrogen (secondary N) is 2. The smallest absolute Gasteiger partial charge is 0.244 e. The van der Waals surface area contributed by atoms with E-state index in [9.17, 15) is 13.5 Å². The number of nitrogens with zero attached hydrogens (tertiary/aromatic N) is 1. The molecule has 1 aliphatic carbocycles. The van der Waals surface area contributed by atoms with Crippen molar-refractivity contribution in [3.63, 3.8) is 0 Å². The van der Waals surface area contributed by atoms with E-state index in [4.69, 9.17) is 0 Å². The van der Waals surface area contributed by atoms with Crippen molar-refractivity contribution in [1.29, 1.82) is 0 Å². The van der Waals surface area contributed by atoms with Gasteiger partial charge in [-0.3, -0.25) is 5.10 Å². The highest BCUT2D eigenvalue weighted by molar-refractivity contribution is 7.89. The Kier molecular flexibility index (Phi) is 3.12. The van der Waals surface area contributed by atoms with Crippen LogP contribution in [0.5, 0.6) is 0 Å². The van der Waals surface area contributed by atoms with Gasteiger partial charge >= 0.3 is 0 Å². The number of hydrogen-bond acceptors (Lipinski definition) is 4. The minimum absolute atomic E-state index is 0.106. The van der Waals surface area contributed by atoms with Gasteiger partial charge in [-0.2, -0.15) is 5.10 Å². The summed E-state index contributed by atoms with van der Waals surface area (Å²) in [5, 5.41) is 16.4. The van der Waals surface area contributed by atoms with Crippen LogP contribution in [-0.4, -0.2) is 29.8 Å². The average Bonchev–Trinajstić information content (AvgIpc) is 2.95. The molecule has 1 aromatic carbocycles. The van der Waals surface area contributed by atoms with Gasteiger partial charge in [-0.1, -0.05) is 24.3 Å². The number of H-pyrrole nitrogens is 1. The first-order valence-electron chi connectivity index (χ1n) is 6.27. The van der Waals surface area contributed by atoms with Crippen molar-refractivity contribution in [3.05, 3.63) is 47.3 Å². The van der Waals surface area contributed by atoms with Crippen molar-refractivity contribution in [2.24, 2.45) is 0 Å². The Labute approximate surface area is 116 Å². The van der Waals surface area contributed by atoms with Gasteiger partial charge in [0.05, 0.1) is 24.0 Å². The maximum Gasteiger partial charge on any atom is 0.244 e. The minimum Gasteiger partial charge on any atom is -0.391 e. The molecule has 0 spiro atoms. The summed E-state index contributed by atoms with van der Waals surface area (Å²) < 4.78 is 27.3. The molecule has 0 saturated heterocycles. The summed E-state index contributed by atoms with van der Waals surface area (Å²) in [6, 6.07) is 6.83. The van der Waals surface area contributed by atoms with Crippen molar-refractivity contribution < 1.29 is 13.5 Å². The lowest BCUT2D eigenvalue weighted by Crippen LogP contribution is -2.34. The van der Waals surface area contributed by atoms with Gasteiger partial charge in [0.15, 0.2) is 0 Å². The number of fused-ring (bicyclic) bond motifs is 1. The number of aliphatic hydroxyl groups is 1. The lowest BCUT2D eigenvalue weighted by atomic mass is 10.1. The van der Waals surface area contributed by atoms with E-state index in [-0.39, 0.29) is 4.90 Å². The van der Waals surface area contributed by atoms with Crippen LogP contribution >= 0.6 is 0 Å². The summed E-state index contributed by atoms with van der Waals surface area (Å²) in [5.74, 6) is 0. The van der Waals surface area contributed by atoms with E-state index in [2.05, 4.69) is 14.9 Å². The Morgan fingerprint density at radius 3 is 2.85 bits per heavy atom. The maximum atomic E-state index is 12.3. The molecule has 3 N–H and O–H groups in total. The highest BCUT2D eigenvalue weighted by atomic mass is 32.2. The summed E-state index contributed by atoms with van der Waals surface area (Å²) in [7, 11) is -3.71. The lowest BCUT2D eigenvalue weighted by Gasteiger charge is -2.17. The molecule has 7 heteroatoms. The number of aromatic nitrogens is 2. The molecule has 0 unspecified atom stereocenters. The summed E-state index contributed by atoms with van der Waals surface area (Å²) in [5.41, 5.74) is 2.26. The Hall–Kier alpha value is -1.70. The monoisotopic (exact) mass is 293 g/mol. The van der Waals surface area contributed by atoms with Gasteiger partial charge in [0.2, 0.25) is 10.0 Å². The standard InChI is InChI=1S/C13H15N3O3S/c1-8-12(7-14-15-8)20(18,19)16-13-10-5-3-2-4-9(10)6-11(13)17/h2-5,7,11,13,16-17H,6H2,1H3,(H,14,15)/t11-,13+/m0/s1. The van der Waals surface area contributed by atoms with Crippen molar-refractivity contribution in [2.75, 3.05) is 0 Å². The van der Waals surface area contributed by atoms with Gasteiger partial charge in [-0.05, 0) is 18.1 Å². The Morgan fingerprint density at radius 1 is 1.40 bits per heavy atom. The minimum atomic E-state index is -3.71. The van der Waals surface area contributed by atoms with E-state index in [1.807, 2.05) is 24.3 Å². The molecule has 2 aromatic rings. The molecule has 0 fully saturated rings. The molecule has 0 amide bonds. The molecule has 0 aliphatic heterocycles. The first-order valence-corrected chi connectivity index (χ1v) is 7.75. The first-order chi connectivity index (χ1) is 9.49. The largest absolute Gasteiger partial charge is 0.391 e. The number of benzene rings is 1. The van der Waals surface area contributed by atoms with Crippen molar-refractivity contribution in [1.82, 2.24) is 14.9 Å². The van der Waals surface area contributed by atoms with E-state index in [0.29, 0.717) is 12.1 Å². The van der Waals surface area contributed by atoms with E-state index < -0.39 is 22.2 Å². The molecule has 106 valence electrons. The van der Waals surface area contributed by atoms with Gasteiger partial charge in [0.1, 0.15) is 4.90 Å². The molecule has 20 heavy (non-hydrogen) atoms.